The van der Waals surface area contributed by atoms with Crippen molar-refractivity contribution in [1.29, 1.82) is 0 Å². The normalized spacial score (nSPS) is 16.8. The summed E-state index contributed by atoms with van der Waals surface area (Å²) in [5.41, 5.74) is 3.79. The van der Waals surface area contributed by atoms with E-state index in [4.69, 9.17) is 0 Å². The predicted octanol–water partition coefficient (Wildman–Crippen LogP) is 4.20. The van der Waals surface area contributed by atoms with Crippen LogP contribution in [0.5, 0.6) is 0 Å². The van der Waals surface area contributed by atoms with E-state index in [9.17, 15) is 4.79 Å². The van der Waals surface area contributed by atoms with Crippen molar-refractivity contribution in [3.63, 3.8) is 0 Å². The fourth-order valence-electron chi connectivity index (χ4n) is 3.38. The van der Waals surface area contributed by atoms with Crippen LogP contribution in [0.4, 0.5) is 5.69 Å². The maximum atomic E-state index is 11.2. The van der Waals surface area contributed by atoms with Crippen LogP contribution in [-0.2, 0) is 17.6 Å². The van der Waals surface area contributed by atoms with Gasteiger partial charge in [-0.2, -0.15) is 0 Å². The number of nitrogens with zero attached hydrogens (tertiary/aromatic N) is 1. The van der Waals surface area contributed by atoms with Crippen molar-refractivity contribution in [2.75, 3.05) is 18.4 Å². The molecule has 0 aliphatic heterocycles. The van der Waals surface area contributed by atoms with E-state index in [1.807, 2.05) is 6.07 Å². The zero-order valence-corrected chi connectivity index (χ0v) is 15.7. The molecule has 1 N–H and O–H groups in total. The third-order valence-corrected chi connectivity index (χ3v) is 4.27. The topological polar surface area (TPSA) is 32.3 Å². The van der Waals surface area contributed by atoms with E-state index in [2.05, 4.69) is 36.2 Å². The predicted molar refractivity (Wildman–Crippen MR) is 99.0 cm³/mol. The smallest absolute Gasteiger partial charge is 0.221 e. The molecule has 0 bridgehead atoms. The van der Waals surface area contributed by atoms with Gasteiger partial charge in [-0.25, -0.2) is 0 Å². The molecule has 1 atom stereocenters. The number of fused-ring (bicyclic) bond motifs is 1. The largest absolute Gasteiger partial charge is 0.326 e. The molecule has 1 amide bonds. The quantitative estimate of drug-likeness (QED) is 0.815. The highest BCUT2D eigenvalue weighted by molar-refractivity contribution is 8.93. The maximum absolute atomic E-state index is 11.2. The summed E-state index contributed by atoms with van der Waals surface area (Å²) in [6.07, 6.45) is 5.96. The number of amides is 1. The molecule has 1 aliphatic rings. The van der Waals surface area contributed by atoms with Gasteiger partial charge in [0.25, 0.3) is 0 Å². The molecule has 0 fully saturated rings. The molecule has 124 valence electrons. The first kappa shape index (κ1) is 19.2. The molecule has 0 spiro atoms. The second-order valence-electron chi connectivity index (χ2n) is 6.10. The van der Waals surface area contributed by atoms with Gasteiger partial charge in [0.15, 0.2) is 0 Å². The second-order valence-corrected chi connectivity index (χ2v) is 6.10. The minimum Gasteiger partial charge on any atom is -0.326 e. The first-order valence-electron chi connectivity index (χ1n) is 8.27. The van der Waals surface area contributed by atoms with E-state index < -0.39 is 0 Å². The minimum absolute atomic E-state index is 0. The molecule has 4 heteroatoms. The summed E-state index contributed by atoms with van der Waals surface area (Å²) in [6, 6.07) is 7.03. The van der Waals surface area contributed by atoms with Gasteiger partial charge in [-0.05, 0) is 68.5 Å². The van der Waals surface area contributed by atoms with Crippen molar-refractivity contribution in [3.8, 4) is 0 Å². The zero-order chi connectivity index (χ0) is 15.2. The fourth-order valence-corrected chi connectivity index (χ4v) is 3.38. The van der Waals surface area contributed by atoms with Crippen LogP contribution in [0.1, 0.15) is 51.2 Å². The highest BCUT2D eigenvalue weighted by Crippen LogP contribution is 2.27. The van der Waals surface area contributed by atoms with Gasteiger partial charge in [0.05, 0.1) is 0 Å². The van der Waals surface area contributed by atoms with Gasteiger partial charge in [-0.1, -0.05) is 19.9 Å². The number of halogens is 1. The van der Waals surface area contributed by atoms with Crippen molar-refractivity contribution >= 4 is 28.6 Å². The molecule has 0 heterocycles. The molecular formula is C18H29BrN2O. The molecule has 2 rings (SSSR count). The second kappa shape index (κ2) is 9.31. The van der Waals surface area contributed by atoms with Gasteiger partial charge in [-0.15, -0.1) is 17.0 Å². The summed E-state index contributed by atoms with van der Waals surface area (Å²) in [5, 5.41) is 2.90. The van der Waals surface area contributed by atoms with Crippen LogP contribution >= 0.6 is 17.0 Å². The first-order chi connectivity index (χ1) is 10.1. The number of benzene rings is 1. The fraction of sp³-hybridized carbons (Fsp3) is 0.611. The van der Waals surface area contributed by atoms with Gasteiger partial charge in [0, 0.05) is 18.7 Å². The van der Waals surface area contributed by atoms with Gasteiger partial charge in [0.1, 0.15) is 0 Å². The zero-order valence-electron chi connectivity index (χ0n) is 14.0. The van der Waals surface area contributed by atoms with E-state index in [1.54, 1.807) is 6.92 Å². The summed E-state index contributed by atoms with van der Waals surface area (Å²) in [4.78, 5) is 13.9. The van der Waals surface area contributed by atoms with Crippen LogP contribution in [-0.4, -0.2) is 29.9 Å². The van der Waals surface area contributed by atoms with E-state index >= 15 is 0 Å². The number of hydrogen-bond donors (Lipinski definition) is 1. The number of carbonyl (C=O) groups is 1. The van der Waals surface area contributed by atoms with Crippen molar-refractivity contribution in [2.45, 2.75) is 58.9 Å². The summed E-state index contributed by atoms with van der Waals surface area (Å²) in [6.45, 7) is 8.47. The summed E-state index contributed by atoms with van der Waals surface area (Å²) in [7, 11) is 0. The van der Waals surface area contributed by atoms with Crippen LogP contribution < -0.4 is 5.32 Å². The molecule has 1 aromatic carbocycles. The Bertz CT molecular complexity index is 484. The molecule has 0 aromatic heterocycles. The van der Waals surface area contributed by atoms with Gasteiger partial charge >= 0.3 is 0 Å². The van der Waals surface area contributed by atoms with Gasteiger partial charge in [0.2, 0.25) is 5.91 Å². The molecule has 1 aliphatic carbocycles. The average Bonchev–Trinajstić information content (AvgIpc) is 2.45. The molecule has 22 heavy (non-hydrogen) atoms. The van der Waals surface area contributed by atoms with E-state index in [0.29, 0.717) is 6.04 Å². The average molecular weight is 369 g/mol. The number of aryl methyl sites for hydroxylation is 1. The van der Waals surface area contributed by atoms with Crippen LogP contribution in [0.15, 0.2) is 18.2 Å². The molecule has 1 aromatic rings. The Kier molecular flexibility index (Phi) is 8.12. The van der Waals surface area contributed by atoms with Crippen LogP contribution in [0.3, 0.4) is 0 Å². The van der Waals surface area contributed by atoms with Crippen LogP contribution in [0.2, 0.25) is 0 Å². The molecule has 0 radical (unpaired) electrons. The lowest BCUT2D eigenvalue weighted by atomic mass is 9.87. The van der Waals surface area contributed by atoms with Crippen molar-refractivity contribution in [3.05, 3.63) is 29.3 Å². The maximum Gasteiger partial charge on any atom is 0.221 e. The summed E-state index contributed by atoms with van der Waals surface area (Å²) in [5.74, 6) is 0.000835. The Hall–Kier alpha value is -0.870. The van der Waals surface area contributed by atoms with Crippen molar-refractivity contribution in [1.82, 2.24) is 4.90 Å². The molecule has 0 saturated carbocycles. The Morgan fingerprint density at radius 3 is 2.50 bits per heavy atom. The lowest BCUT2D eigenvalue weighted by Gasteiger charge is -2.35. The van der Waals surface area contributed by atoms with Crippen molar-refractivity contribution in [2.24, 2.45) is 0 Å². The van der Waals surface area contributed by atoms with E-state index in [0.717, 1.165) is 18.5 Å². The lowest BCUT2D eigenvalue weighted by molar-refractivity contribution is -0.114. The number of anilines is 1. The monoisotopic (exact) mass is 368 g/mol. The molecule has 3 nitrogen and oxygen atoms in total. The Labute approximate surface area is 145 Å². The van der Waals surface area contributed by atoms with Crippen molar-refractivity contribution < 1.29 is 4.79 Å². The highest BCUT2D eigenvalue weighted by Gasteiger charge is 2.23. The molecular weight excluding hydrogens is 340 g/mol. The third-order valence-electron chi connectivity index (χ3n) is 4.27. The van der Waals surface area contributed by atoms with Crippen LogP contribution in [0.25, 0.3) is 0 Å². The first-order valence-corrected chi connectivity index (χ1v) is 8.27. The Balaban J connectivity index is 0.00000242. The number of carbonyl (C=O) groups excluding carboxylic acids is 1. The summed E-state index contributed by atoms with van der Waals surface area (Å²) < 4.78 is 0. The SMILES string of the molecule is Br.CCCN(CCC)C1CCc2ccc(NC(C)=O)cc2C1. The lowest BCUT2D eigenvalue weighted by Crippen LogP contribution is -2.40. The van der Waals surface area contributed by atoms with E-state index in [1.165, 1.54) is 43.5 Å². The number of nitrogens with one attached hydrogen (secondary N) is 1. The van der Waals surface area contributed by atoms with Crippen LogP contribution in [0, 0.1) is 0 Å². The standard InChI is InChI=1S/C18H28N2O.BrH/c1-4-10-20(11-5-2)18-9-7-15-6-8-17(19-14(3)21)12-16(15)13-18;/h6,8,12,18H,4-5,7,9-11,13H2,1-3H3,(H,19,21);1H. The van der Waals surface area contributed by atoms with E-state index in [-0.39, 0.29) is 22.9 Å². The Morgan fingerprint density at radius 1 is 1.23 bits per heavy atom. The molecule has 1 unspecified atom stereocenters. The molecule has 0 saturated heterocycles. The highest BCUT2D eigenvalue weighted by atomic mass is 79.9. The number of rotatable bonds is 6. The third kappa shape index (κ3) is 5.10. The van der Waals surface area contributed by atoms with Gasteiger partial charge in [-0.3, -0.25) is 4.79 Å². The minimum atomic E-state index is 0. The summed E-state index contributed by atoms with van der Waals surface area (Å²) >= 11 is 0. The van der Waals surface area contributed by atoms with Gasteiger partial charge < -0.3 is 10.2 Å². The number of hydrogen-bond acceptors (Lipinski definition) is 2. The Morgan fingerprint density at radius 2 is 1.91 bits per heavy atom.